The smallest absolute Gasteiger partial charge is 0.270 e. The third-order valence-electron chi connectivity index (χ3n) is 4.10. The first-order chi connectivity index (χ1) is 10.8. The Morgan fingerprint density at radius 3 is 2.78 bits per heavy atom. The van der Waals surface area contributed by atoms with Crippen LogP contribution >= 0.6 is 0 Å². The van der Waals surface area contributed by atoms with E-state index in [2.05, 4.69) is 4.98 Å². The van der Waals surface area contributed by atoms with Crippen LogP contribution in [0.3, 0.4) is 0 Å². The van der Waals surface area contributed by atoms with Gasteiger partial charge < -0.3 is 10.6 Å². The molecule has 0 saturated carbocycles. The Kier molecular flexibility index (Phi) is 5.15. The van der Waals surface area contributed by atoms with Crippen molar-refractivity contribution in [2.45, 2.75) is 33.2 Å². The Bertz CT molecular complexity index is 767. The average Bonchev–Trinajstić information content (AvgIpc) is 2.51. The normalized spacial score (nSPS) is 12.6. The quantitative estimate of drug-likeness (QED) is 0.905. The minimum atomic E-state index is -0.347. The van der Waals surface area contributed by atoms with Crippen LogP contribution in [0.5, 0.6) is 0 Å². The molecule has 2 rings (SSSR count). The molecule has 6 nitrogen and oxygen atoms in total. The Hall–Kier alpha value is -2.21. The number of aryl methyl sites for hydroxylation is 1. The van der Waals surface area contributed by atoms with Crippen LogP contribution in [0.1, 0.15) is 36.2 Å². The highest BCUT2D eigenvalue weighted by atomic mass is 16.2. The molecule has 2 heterocycles. The van der Waals surface area contributed by atoms with Crippen LogP contribution in [0.25, 0.3) is 5.65 Å². The van der Waals surface area contributed by atoms with Crippen LogP contribution in [0, 0.1) is 12.8 Å². The van der Waals surface area contributed by atoms with Crippen LogP contribution in [-0.2, 0) is 0 Å². The molecule has 1 amide bonds. The predicted molar refractivity (Wildman–Crippen MR) is 90.6 cm³/mol. The minimum Gasteiger partial charge on any atom is -0.341 e. The molecule has 23 heavy (non-hydrogen) atoms. The molecule has 0 bridgehead atoms. The first-order valence-corrected chi connectivity index (χ1v) is 7.80. The Morgan fingerprint density at radius 2 is 2.13 bits per heavy atom. The molecule has 124 valence electrons. The van der Waals surface area contributed by atoms with Crippen molar-refractivity contribution in [3.63, 3.8) is 0 Å². The molecule has 2 N–H and O–H groups in total. The summed E-state index contributed by atoms with van der Waals surface area (Å²) in [5.41, 5.74) is 7.28. The van der Waals surface area contributed by atoms with E-state index in [0.717, 1.165) is 5.56 Å². The Morgan fingerprint density at radius 1 is 1.43 bits per heavy atom. The molecule has 0 aliphatic carbocycles. The number of rotatable bonds is 5. The lowest BCUT2D eigenvalue weighted by Crippen LogP contribution is -2.37. The number of hydrogen-bond acceptors (Lipinski definition) is 4. The van der Waals surface area contributed by atoms with Gasteiger partial charge in [-0.3, -0.25) is 14.0 Å². The molecule has 0 fully saturated rings. The highest BCUT2D eigenvalue weighted by molar-refractivity contribution is 5.93. The Balaban J connectivity index is 2.22. The number of amides is 1. The molecule has 0 saturated heterocycles. The van der Waals surface area contributed by atoms with Gasteiger partial charge in [-0.2, -0.15) is 0 Å². The van der Waals surface area contributed by atoms with Gasteiger partial charge in [-0.25, -0.2) is 4.98 Å². The SMILES string of the molecule is Cc1ccn2c(=O)c(C(=O)N(C)CCC(N)C(C)C)cnc2c1. The molecule has 0 aromatic carbocycles. The summed E-state index contributed by atoms with van der Waals surface area (Å²) < 4.78 is 1.40. The lowest BCUT2D eigenvalue weighted by molar-refractivity contribution is 0.0787. The molecule has 0 radical (unpaired) electrons. The largest absolute Gasteiger partial charge is 0.341 e. The van der Waals surface area contributed by atoms with Crippen LogP contribution in [0.4, 0.5) is 0 Å². The fourth-order valence-corrected chi connectivity index (χ4v) is 2.31. The lowest BCUT2D eigenvalue weighted by atomic mass is 10.0. The van der Waals surface area contributed by atoms with Crippen molar-refractivity contribution in [1.29, 1.82) is 0 Å². The van der Waals surface area contributed by atoms with E-state index in [1.807, 2.05) is 26.8 Å². The van der Waals surface area contributed by atoms with Gasteiger partial charge in [-0.15, -0.1) is 0 Å². The van der Waals surface area contributed by atoms with E-state index in [4.69, 9.17) is 5.73 Å². The van der Waals surface area contributed by atoms with Crippen LogP contribution in [-0.4, -0.2) is 39.8 Å². The second kappa shape index (κ2) is 6.91. The monoisotopic (exact) mass is 316 g/mol. The van der Waals surface area contributed by atoms with Crippen molar-refractivity contribution in [1.82, 2.24) is 14.3 Å². The fourth-order valence-electron chi connectivity index (χ4n) is 2.31. The second-order valence-electron chi connectivity index (χ2n) is 6.33. The number of carbonyl (C=O) groups excluding carboxylic acids is 1. The van der Waals surface area contributed by atoms with E-state index in [1.54, 1.807) is 19.3 Å². The van der Waals surface area contributed by atoms with Crippen molar-refractivity contribution in [2.75, 3.05) is 13.6 Å². The van der Waals surface area contributed by atoms with Crippen molar-refractivity contribution < 1.29 is 4.79 Å². The first-order valence-electron chi connectivity index (χ1n) is 7.80. The fraction of sp³-hybridized carbons (Fsp3) is 0.471. The maximum Gasteiger partial charge on any atom is 0.270 e. The summed E-state index contributed by atoms with van der Waals surface area (Å²) in [6.45, 7) is 6.54. The van der Waals surface area contributed by atoms with Gasteiger partial charge in [0.2, 0.25) is 0 Å². The zero-order valence-corrected chi connectivity index (χ0v) is 14.1. The molecule has 2 aromatic heterocycles. The zero-order valence-electron chi connectivity index (χ0n) is 14.1. The van der Waals surface area contributed by atoms with Crippen LogP contribution < -0.4 is 11.3 Å². The second-order valence-corrected chi connectivity index (χ2v) is 6.33. The Labute approximate surface area is 135 Å². The zero-order chi connectivity index (χ0) is 17.1. The van der Waals surface area contributed by atoms with E-state index in [0.29, 0.717) is 24.5 Å². The van der Waals surface area contributed by atoms with E-state index < -0.39 is 0 Å². The summed E-state index contributed by atoms with van der Waals surface area (Å²) >= 11 is 0. The molecule has 0 aliphatic heterocycles. The topological polar surface area (TPSA) is 80.7 Å². The van der Waals surface area contributed by atoms with E-state index >= 15 is 0 Å². The van der Waals surface area contributed by atoms with Gasteiger partial charge in [0.1, 0.15) is 11.2 Å². The summed E-state index contributed by atoms with van der Waals surface area (Å²) in [6.07, 6.45) is 3.70. The van der Waals surface area contributed by atoms with Gasteiger partial charge in [-0.1, -0.05) is 13.8 Å². The standard InChI is InChI=1S/C17H24N4O2/c1-11(2)14(18)6-7-20(4)16(22)13-10-19-15-9-12(3)5-8-21(15)17(13)23/h5,8-11,14H,6-7,18H2,1-4H3. The van der Waals surface area contributed by atoms with E-state index in [9.17, 15) is 9.59 Å². The van der Waals surface area contributed by atoms with Crippen molar-refractivity contribution in [2.24, 2.45) is 11.7 Å². The predicted octanol–water partition coefficient (Wildman–Crippen LogP) is 1.45. The van der Waals surface area contributed by atoms with E-state index in [1.165, 1.54) is 15.5 Å². The van der Waals surface area contributed by atoms with Gasteiger partial charge in [0.15, 0.2) is 0 Å². The number of nitrogens with two attached hydrogens (primary N) is 1. The average molecular weight is 316 g/mol. The van der Waals surface area contributed by atoms with Gasteiger partial charge in [0.25, 0.3) is 11.5 Å². The van der Waals surface area contributed by atoms with Gasteiger partial charge in [0, 0.05) is 32.0 Å². The van der Waals surface area contributed by atoms with Gasteiger partial charge in [-0.05, 0) is 37.0 Å². The van der Waals surface area contributed by atoms with Gasteiger partial charge in [0.05, 0.1) is 0 Å². The summed E-state index contributed by atoms with van der Waals surface area (Å²) in [5, 5.41) is 0. The summed E-state index contributed by atoms with van der Waals surface area (Å²) in [5.74, 6) is 0.0307. The van der Waals surface area contributed by atoms with Gasteiger partial charge >= 0.3 is 0 Å². The number of hydrogen-bond donors (Lipinski definition) is 1. The molecule has 6 heteroatoms. The number of carbonyl (C=O) groups is 1. The van der Waals surface area contributed by atoms with Crippen molar-refractivity contribution >= 4 is 11.6 Å². The maximum atomic E-state index is 12.5. The number of pyridine rings is 1. The van der Waals surface area contributed by atoms with E-state index in [-0.39, 0.29) is 23.1 Å². The summed E-state index contributed by atoms with van der Waals surface area (Å²) in [6, 6.07) is 3.65. The molecular formula is C17H24N4O2. The number of fused-ring (bicyclic) bond motifs is 1. The maximum absolute atomic E-state index is 12.5. The summed E-state index contributed by atoms with van der Waals surface area (Å²) in [7, 11) is 1.68. The van der Waals surface area contributed by atoms with Crippen LogP contribution in [0.15, 0.2) is 29.3 Å². The van der Waals surface area contributed by atoms with Crippen LogP contribution in [0.2, 0.25) is 0 Å². The third-order valence-corrected chi connectivity index (χ3v) is 4.10. The van der Waals surface area contributed by atoms with Crippen molar-refractivity contribution in [3.8, 4) is 0 Å². The molecule has 0 spiro atoms. The highest BCUT2D eigenvalue weighted by Crippen LogP contribution is 2.07. The lowest BCUT2D eigenvalue weighted by Gasteiger charge is -2.21. The molecule has 1 unspecified atom stereocenters. The summed E-state index contributed by atoms with van der Waals surface area (Å²) in [4.78, 5) is 30.7. The molecule has 0 aliphatic rings. The highest BCUT2D eigenvalue weighted by Gasteiger charge is 2.18. The molecular weight excluding hydrogens is 292 g/mol. The minimum absolute atomic E-state index is 0.0315. The third kappa shape index (κ3) is 3.76. The number of aromatic nitrogens is 2. The molecule has 2 aromatic rings. The first kappa shape index (κ1) is 17.1. The molecule has 1 atom stereocenters. The number of nitrogens with zero attached hydrogens (tertiary/aromatic N) is 3. The van der Waals surface area contributed by atoms with Crippen molar-refractivity contribution in [3.05, 3.63) is 46.0 Å².